The van der Waals surface area contributed by atoms with Crippen LogP contribution in [0.3, 0.4) is 0 Å². The van der Waals surface area contributed by atoms with Gasteiger partial charge in [-0.25, -0.2) is 0 Å². The van der Waals surface area contributed by atoms with Crippen LogP contribution >= 0.6 is 0 Å². The summed E-state index contributed by atoms with van der Waals surface area (Å²) >= 11 is 0. The molecule has 0 amide bonds. The van der Waals surface area contributed by atoms with Crippen molar-refractivity contribution < 1.29 is 19.1 Å². The van der Waals surface area contributed by atoms with E-state index >= 15 is 0 Å². The Bertz CT molecular complexity index is 960. The van der Waals surface area contributed by atoms with Crippen LogP contribution in [0.5, 0.6) is 5.75 Å². The molecule has 0 heterocycles. The minimum Gasteiger partial charge on any atom is -0.496 e. The van der Waals surface area contributed by atoms with E-state index in [-0.39, 0.29) is 28.2 Å². The van der Waals surface area contributed by atoms with Gasteiger partial charge in [0.1, 0.15) is 5.75 Å². The molecule has 0 saturated heterocycles. The van der Waals surface area contributed by atoms with Crippen molar-refractivity contribution in [3.63, 3.8) is 0 Å². The van der Waals surface area contributed by atoms with Gasteiger partial charge < -0.3 is 4.74 Å². The van der Waals surface area contributed by atoms with Crippen LogP contribution in [-0.2, 0) is 0 Å². The van der Waals surface area contributed by atoms with E-state index in [1.807, 2.05) is 0 Å². The molecule has 0 fully saturated rings. The Morgan fingerprint density at radius 3 is 1.69 bits per heavy atom. The standard InChI is InChI=1S/C22H16O4/c1-26-18-13-12-17(14-23)19(21(24)15-8-4-2-5-9-15)20(18)22(25)16-10-6-3-7-11-16/h2-14H,1H3. The predicted molar refractivity (Wildman–Crippen MR) is 98.1 cm³/mol. The number of methoxy groups -OCH3 is 1. The fourth-order valence-corrected chi connectivity index (χ4v) is 2.81. The van der Waals surface area contributed by atoms with Gasteiger partial charge in [0, 0.05) is 22.3 Å². The van der Waals surface area contributed by atoms with Crippen LogP contribution in [0.15, 0.2) is 72.8 Å². The van der Waals surface area contributed by atoms with Crippen molar-refractivity contribution in [1.82, 2.24) is 0 Å². The molecule has 0 N–H and O–H groups in total. The third kappa shape index (κ3) is 3.17. The molecule has 26 heavy (non-hydrogen) atoms. The smallest absolute Gasteiger partial charge is 0.197 e. The van der Waals surface area contributed by atoms with Crippen LogP contribution in [0.4, 0.5) is 0 Å². The van der Waals surface area contributed by atoms with Crippen LogP contribution in [0.1, 0.15) is 42.2 Å². The molecule has 0 atom stereocenters. The van der Waals surface area contributed by atoms with Crippen LogP contribution in [0, 0.1) is 0 Å². The molecule has 0 aliphatic carbocycles. The Labute approximate surface area is 151 Å². The number of ketones is 2. The van der Waals surface area contributed by atoms with Crippen LogP contribution in [0.2, 0.25) is 0 Å². The molecule has 0 spiro atoms. The number of aldehydes is 1. The third-order valence-corrected chi connectivity index (χ3v) is 4.07. The van der Waals surface area contributed by atoms with Crippen molar-refractivity contribution in [3.05, 3.63) is 101 Å². The maximum Gasteiger partial charge on any atom is 0.197 e. The molecule has 0 aliphatic rings. The Hall–Kier alpha value is -3.53. The maximum absolute atomic E-state index is 13.1. The quantitative estimate of drug-likeness (QED) is 0.501. The van der Waals surface area contributed by atoms with Crippen molar-refractivity contribution in [2.24, 2.45) is 0 Å². The summed E-state index contributed by atoms with van der Waals surface area (Å²) in [6.07, 6.45) is 0.581. The van der Waals surface area contributed by atoms with Crippen molar-refractivity contribution in [3.8, 4) is 5.75 Å². The number of carbonyl (C=O) groups excluding carboxylic acids is 3. The summed E-state index contributed by atoms with van der Waals surface area (Å²) in [5.74, 6) is -0.514. The molecule has 0 radical (unpaired) electrons. The Kier molecular flexibility index (Phi) is 5.04. The fraction of sp³-hybridized carbons (Fsp3) is 0.0455. The van der Waals surface area contributed by atoms with Gasteiger partial charge in [0.05, 0.1) is 12.7 Å². The first-order chi connectivity index (χ1) is 12.7. The second-order valence-corrected chi connectivity index (χ2v) is 5.62. The van der Waals surface area contributed by atoms with Gasteiger partial charge in [0.2, 0.25) is 0 Å². The van der Waals surface area contributed by atoms with E-state index < -0.39 is 5.78 Å². The average Bonchev–Trinajstić information content (AvgIpc) is 2.72. The highest BCUT2D eigenvalue weighted by molar-refractivity contribution is 6.23. The monoisotopic (exact) mass is 344 g/mol. The largest absolute Gasteiger partial charge is 0.496 e. The molecule has 128 valence electrons. The number of hydrogen-bond donors (Lipinski definition) is 0. The van der Waals surface area contributed by atoms with Gasteiger partial charge in [-0.1, -0.05) is 60.7 Å². The van der Waals surface area contributed by atoms with Gasteiger partial charge in [-0.3, -0.25) is 14.4 Å². The first kappa shape index (κ1) is 17.3. The number of ether oxygens (including phenoxy) is 1. The highest BCUT2D eigenvalue weighted by atomic mass is 16.5. The lowest BCUT2D eigenvalue weighted by Crippen LogP contribution is -2.15. The molecule has 0 aliphatic heterocycles. The summed E-state index contributed by atoms with van der Waals surface area (Å²) in [4.78, 5) is 37.8. The van der Waals surface area contributed by atoms with Crippen molar-refractivity contribution in [2.45, 2.75) is 0 Å². The summed E-state index contributed by atoms with van der Waals surface area (Å²) in [5.41, 5.74) is 1.11. The normalized spacial score (nSPS) is 10.2. The van der Waals surface area contributed by atoms with Gasteiger partial charge in [0.15, 0.2) is 17.9 Å². The first-order valence-corrected chi connectivity index (χ1v) is 8.03. The molecule has 3 rings (SSSR count). The SMILES string of the molecule is COc1ccc(C=O)c(C(=O)c2ccccc2)c1C(=O)c1ccccc1. The number of carbonyl (C=O) groups is 3. The Balaban J connectivity index is 2.26. The van der Waals surface area contributed by atoms with Gasteiger partial charge >= 0.3 is 0 Å². The summed E-state index contributed by atoms with van der Waals surface area (Å²) < 4.78 is 5.33. The van der Waals surface area contributed by atoms with Gasteiger partial charge in [-0.2, -0.15) is 0 Å². The van der Waals surface area contributed by atoms with E-state index in [1.54, 1.807) is 60.7 Å². The van der Waals surface area contributed by atoms with Gasteiger partial charge in [-0.15, -0.1) is 0 Å². The van der Waals surface area contributed by atoms with Crippen molar-refractivity contribution in [1.29, 1.82) is 0 Å². The van der Waals surface area contributed by atoms with Crippen molar-refractivity contribution in [2.75, 3.05) is 7.11 Å². The second-order valence-electron chi connectivity index (χ2n) is 5.62. The lowest BCUT2D eigenvalue weighted by atomic mass is 9.89. The minimum atomic E-state index is -0.397. The van der Waals surface area contributed by atoms with E-state index in [2.05, 4.69) is 0 Å². The molecule has 3 aromatic rings. The summed E-state index contributed by atoms with van der Waals surface area (Å²) in [5, 5.41) is 0. The summed E-state index contributed by atoms with van der Waals surface area (Å²) in [6, 6.07) is 20.2. The Morgan fingerprint density at radius 2 is 1.23 bits per heavy atom. The number of hydrogen-bond acceptors (Lipinski definition) is 4. The maximum atomic E-state index is 13.1. The summed E-state index contributed by atoms with van der Waals surface area (Å²) in [6.45, 7) is 0. The molecular weight excluding hydrogens is 328 g/mol. The highest BCUT2D eigenvalue weighted by Gasteiger charge is 2.26. The third-order valence-electron chi connectivity index (χ3n) is 4.07. The average molecular weight is 344 g/mol. The molecule has 0 aromatic heterocycles. The Morgan fingerprint density at radius 1 is 0.731 bits per heavy atom. The predicted octanol–water partition coefficient (Wildman–Crippen LogP) is 3.97. The van der Waals surface area contributed by atoms with Crippen LogP contribution in [0.25, 0.3) is 0 Å². The number of benzene rings is 3. The number of rotatable bonds is 6. The second kappa shape index (κ2) is 7.57. The molecule has 0 saturated carbocycles. The van der Waals surface area contributed by atoms with E-state index in [0.29, 0.717) is 17.4 Å². The van der Waals surface area contributed by atoms with Crippen LogP contribution < -0.4 is 4.74 Å². The minimum absolute atomic E-state index is 0.0550. The topological polar surface area (TPSA) is 60.4 Å². The zero-order valence-electron chi connectivity index (χ0n) is 14.1. The highest BCUT2D eigenvalue weighted by Crippen LogP contribution is 2.29. The fourth-order valence-electron chi connectivity index (χ4n) is 2.81. The molecule has 0 bridgehead atoms. The van der Waals surface area contributed by atoms with E-state index in [4.69, 9.17) is 4.74 Å². The summed E-state index contributed by atoms with van der Waals surface area (Å²) in [7, 11) is 1.43. The van der Waals surface area contributed by atoms with Gasteiger partial charge in [-0.05, 0) is 12.1 Å². The molecular formula is C22H16O4. The lowest BCUT2D eigenvalue weighted by Gasteiger charge is -2.15. The molecule has 4 heteroatoms. The lowest BCUT2D eigenvalue weighted by molar-refractivity contribution is 0.0997. The van der Waals surface area contributed by atoms with Crippen molar-refractivity contribution >= 4 is 17.9 Å². The zero-order chi connectivity index (χ0) is 18.5. The van der Waals surface area contributed by atoms with Gasteiger partial charge in [0.25, 0.3) is 0 Å². The van der Waals surface area contributed by atoms with E-state index in [1.165, 1.54) is 19.2 Å². The van der Waals surface area contributed by atoms with E-state index in [9.17, 15) is 14.4 Å². The zero-order valence-corrected chi connectivity index (χ0v) is 14.1. The molecule has 3 aromatic carbocycles. The van der Waals surface area contributed by atoms with E-state index in [0.717, 1.165) is 0 Å². The first-order valence-electron chi connectivity index (χ1n) is 8.03. The van der Waals surface area contributed by atoms with Crippen LogP contribution in [-0.4, -0.2) is 25.0 Å². The molecule has 0 unspecified atom stereocenters. The molecule has 4 nitrogen and oxygen atoms in total.